The Morgan fingerprint density at radius 3 is 2.54 bits per heavy atom. The number of thioether (sulfide) groups is 1. The Hall–Kier alpha value is -3.45. The second kappa shape index (κ2) is 10.4. The maximum absolute atomic E-state index is 13.6. The van der Waals surface area contributed by atoms with E-state index in [2.05, 4.69) is 17.4 Å². The summed E-state index contributed by atoms with van der Waals surface area (Å²) in [7, 11) is 0. The summed E-state index contributed by atoms with van der Waals surface area (Å²) in [4.78, 5) is 28.5. The molecule has 0 aromatic heterocycles. The largest absolute Gasteiger partial charge is 0.486 e. The Balaban J connectivity index is 1.31. The lowest BCUT2D eigenvalue weighted by Gasteiger charge is -2.28. The van der Waals surface area contributed by atoms with Gasteiger partial charge in [-0.2, -0.15) is 11.8 Å². The van der Waals surface area contributed by atoms with E-state index in [-0.39, 0.29) is 17.9 Å². The van der Waals surface area contributed by atoms with Gasteiger partial charge in [0.2, 0.25) is 5.91 Å². The van der Waals surface area contributed by atoms with Crippen LogP contribution in [-0.4, -0.2) is 41.7 Å². The van der Waals surface area contributed by atoms with Crippen molar-refractivity contribution in [1.82, 2.24) is 10.2 Å². The number of nitrogens with one attached hydrogen (secondary N) is 1. The van der Waals surface area contributed by atoms with Crippen LogP contribution in [0.15, 0.2) is 72.8 Å². The van der Waals surface area contributed by atoms with E-state index in [1.165, 1.54) is 5.56 Å². The first-order valence-corrected chi connectivity index (χ1v) is 13.0. The lowest BCUT2D eigenvalue weighted by molar-refractivity contribution is -0.125. The molecular weight excluding hydrogens is 460 g/mol. The standard InChI is InChI=1S/C28H28N2O4S/c1-19(21-11-12-25-26(15-21)34-14-13-33-25)29-27(31)24(18-35-17-20-7-3-2-4-8-20)30-16-22-9-5-6-10-23(22)28(30)32/h2-12,15,19,24H,13-14,16-18H2,1H3,(H,29,31). The molecule has 2 unspecified atom stereocenters. The van der Waals surface area contributed by atoms with Gasteiger partial charge in [-0.1, -0.05) is 54.6 Å². The zero-order valence-corrected chi connectivity index (χ0v) is 20.4. The molecule has 0 aliphatic carbocycles. The van der Waals surface area contributed by atoms with Crippen LogP contribution in [0.3, 0.4) is 0 Å². The van der Waals surface area contributed by atoms with Gasteiger partial charge in [0.1, 0.15) is 19.3 Å². The zero-order chi connectivity index (χ0) is 24.2. The summed E-state index contributed by atoms with van der Waals surface area (Å²) >= 11 is 1.66. The van der Waals surface area contributed by atoms with E-state index >= 15 is 0 Å². The molecule has 0 saturated heterocycles. The van der Waals surface area contributed by atoms with E-state index in [0.29, 0.717) is 42.6 Å². The fourth-order valence-electron chi connectivity index (χ4n) is 4.42. The highest BCUT2D eigenvalue weighted by molar-refractivity contribution is 7.98. The fraction of sp³-hybridized carbons (Fsp3) is 0.286. The maximum atomic E-state index is 13.6. The summed E-state index contributed by atoms with van der Waals surface area (Å²) in [6.07, 6.45) is 0. The van der Waals surface area contributed by atoms with Gasteiger partial charge >= 0.3 is 0 Å². The monoisotopic (exact) mass is 488 g/mol. The number of rotatable bonds is 8. The van der Waals surface area contributed by atoms with Gasteiger partial charge < -0.3 is 19.7 Å². The number of ether oxygens (including phenoxy) is 2. The van der Waals surface area contributed by atoms with Gasteiger partial charge in [-0.15, -0.1) is 0 Å². The lowest BCUT2D eigenvalue weighted by Crippen LogP contribution is -2.49. The molecule has 0 radical (unpaired) electrons. The van der Waals surface area contributed by atoms with Crippen molar-refractivity contribution < 1.29 is 19.1 Å². The molecule has 6 nitrogen and oxygen atoms in total. The molecule has 35 heavy (non-hydrogen) atoms. The molecule has 0 bridgehead atoms. The molecule has 2 aliphatic rings. The minimum absolute atomic E-state index is 0.0898. The second-order valence-electron chi connectivity index (χ2n) is 8.74. The van der Waals surface area contributed by atoms with E-state index in [1.54, 1.807) is 16.7 Å². The predicted octanol–water partition coefficient (Wildman–Crippen LogP) is 4.59. The van der Waals surface area contributed by atoms with Gasteiger partial charge in [0.25, 0.3) is 5.91 Å². The summed E-state index contributed by atoms with van der Waals surface area (Å²) in [5.41, 5.74) is 3.76. The first-order valence-electron chi connectivity index (χ1n) is 11.8. The molecule has 7 heteroatoms. The average Bonchev–Trinajstić information content (AvgIpc) is 3.23. The lowest BCUT2D eigenvalue weighted by atomic mass is 10.1. The van der Waals surface area contributed by atoms with Crippen LogP contribution in [0.4, 0.5) is 0 Å². The molecule has 2 heterocycles. The van der Waals surface area contributed by atoms with Gasteiger partial charge in [-0.3, -0.25) is 9.59 Å². The van der Waals surface area contributed by atoms with Crippen LogP contribution in [0.1, 0.15) is 40.0 Å². The van der Waals surface area contributed by atoms with Crippen molar-refractivity contribution in [2.75, 3.05) is 19.0 Å². The van der Waals surface area contributed by atoms with Crippen molar-refractivity contribution in [1.29, 1.82) is 0 Å². The SMILES string of the molecule is CC(NC(=O)C(CSCc1ccccc1)N1Cc2ccccc2C1=O)c1ccc2c(c1)OCCO2. The first-order chi connectivity index (χ1) is 17.1. The second-order valence-corrected chi connectivity index (χ2v) is 9.77. The highest BCUT2D eigenvalue weighted by Gasteiger charge is 2.36. The van der Waals surface area contributed by atoms with Crippen LogP contribution >= 0.6 is 11.8 Å². The minimum Gasteiger partial charge on any atom is -0.486 e. The summed E-state index contributed by atoms with van der Waals surface area (Å²) in [6, 6.07) is 22.6. The first kappa shape index (κ1) is 23.3. The Morgan fingerprint density at radius 2 is 1.74 bits per heavy atom. The number of amides is 2. The van der Waals surface area contributed by atoms with Crippen molar-refractivity contribution in [2.24, 2.45) is 0 Å². The molecule has 3 aromatic rings. The molecule has 2 atom stereocenters. The van der Waals surface area contributed by atoms with Crippen LogP contribution in [-0.2, 0) is 17.1 Å². The Labute approximate surface area is 209 Å². The number of benzene rings is 3. The number of hydrogen-bond acceptors (Lipinski definition) is 5. The highest BCUT2D eigenvalue weighted by Crippen LogP contribution is 2.33. The molecule has 1 N–H and O–H groups in total. The smallest absolute Gasteiger partial charge is 0.255 e. The van der Waals surface area contributed by atoms with Crippen LogP contribution < -0.4 is 14.8 Å². The number of fused-ring (bicyclic) bond motifs is 2. The average molecular weight is 489 g/mol. The van der Waals surface area contributed by atoms with Crippen molar-refractivity contribution in [2.45, 2.75) is 31.3 Å². The van der Waals surface area contributed by atoms with Gasteiger partial charge in [0, 0.05) is 23.6 Å². The van der Waals surface area contributed by atoms with E-state index < -0.39 is 6.04 Å². The fourth-order valence-corrected chi connectivity index (χ4v) is 5.52. The number of hydrogen-bond donors (Lipinski definition) is 1. The molecular formula is C28H28N2O4S. The van der Waals surface area contributed by atoms with Crippen LogP contribution in [0.25, 0.3) is 0 Å². The third kappa shape index (κ3) is 5.15. The normalized spacial score (nSPS) is 15.9. The molecule has 2 aliphatic heterocycles. The van der Waals surface area contributed by atoms with E-state index in [1.807, 2.05) is 67.6 Å². The molecule has 5 rings (SSSR count). The molecule has 3 aromatic carbocycles. The van der Waals surface area contributed by atoms with Crippen molar-refractivity contribution in [3.63, 3.8) is 0 Å². The maximum Gasteiger partial charge on any atom is 0.255 e. The number of carbonyl (C=O) groups excluding carboxylic acids is 2. The third-order valence-electron chi connectivity index (χ3n) is 6.34. The molecule has 0 fully saturated rings. The van der Waals surface area contributed by atoms with E-state index in [4.69, 9.17) is 9.47 Å². The van der Waals surface area contributed by atoms with Crippen molar-refractivity contribution in [3.05, 3.63) is 95.1 Å². The summed E-state index contributed by atoms with van der Waals surface area (Å²) in [5.74, 6) is 2.44. The summed E-state index contributed by atoms with van der Waals surface area (Å²) in [5, 5.41) is 3.13. The predicted molar refractivity (Wildman–Crippen MR) is 137 cm³/mol. The molecule has 0 spiro atoms. The van der Waals surface area contributed by atoms with Crippen molar-refractivity contribution in [3.8, 4) is 11.5 Å². The topological polar surface area (TPSA) is 67.9 Å². The van der Waals surface area contributed by atoms with Gasteiger partial charge in [-0.05, 0) is 41.8 Å². The number of carbonyl (C=O) groups is 2. The van der Waals surface area contributed by atoms with Crippen LogP contribution in [0.5, 0.6) is 11.5 Å². The highest BCUT2D eigenvalue weighted by atomic mass is 32.2. The minimum atomic E-state index is -0.580. The number of nitrogens with zero attached hydrogens (tertiary/aromatic N) is 1. The van der Waals surface area contributed by atoms with Crippen LogP contribution in [0.2, 0.25) is 0 Å². The van der Waals surface area contributed by atoms with E-state index in [9.17, 15) is 9.59 Å². The van der Waals surface area contributed by atoms with Gasteiger partial charge in [0.15, 0.2) is 11.5 Å². The summed E-state index contributed by atoms with van der Waals surface area (Å²) in [6.45, 7) is 3.43. The summed E-state index contributed by atoms with van der Waals surface area (Å²) < 4.78 is 11.3. The van der Waals surface area contributed by atoms with Crippen molar-refractivity contribution >= 4 is 23.6 Å². The van der Waals surface area contributed by atoms with Crippen LogP contribution in [0, 0.1) is 0 Å². The Bertz CT molecular complexity index is 1220. The van der Waals surface area contributed by atoms with Gasteiger partial charge in [0.05, 0.1) is 6.04 Å². The Kier molecular flexibility index (Phi) is 6.95. The third-order valence-corrected chi connectivity index (χ3v) is 7.43. The van der Waals surface area contributed by atoms with Gasteiger partial charge in [-0.25, -0.2) is 0 Å². The molecule has 0 saturated carbocycles. The zero-order valence-electron chi connectivity index (χ0n) is 19.6. The molecule has 2 amide bonds. The molecule has 180 valence electrons. The quantitative estimate of drug-likeness (QED) is 0.502. The Morgan fingerprint density at radius 1 is 1.00 bits per heavy atom. The van der Waals surface area contributed by atoms with E-state index in [0.717, 1.165) is 16.9 Å².